The number of aromatic nitrogens is 1. The largest absolute Gasteiger partial charge is 0.487 e. The quantitative estimate of drug-likeness (QED) is 0.917. The van der Waals surface area contributed by atoms with E-state index in [0.717, 1.165) is 35.5 Å². The van der Waals surface area contributed by atoms with Crippen LogP contribution in [0.4, 0.5) is 0 Å². The molecule has 1 aromatic heterocycles. The van der Waals surface area contributed by atoms with Gasteiger partial charge in [0, 0.05) is 5.69 Å². The van der Waals surface area contributed by atoms with Crippen molar-refractivity contribution in [1.29, 1.82) is 0 Å². The minimum absolute atomic E-state index is 0.303. The van der Waals surface area contributed by atoms with Crippen LogP contribution in [0.3, 0.4) is 0 Å². The van der Waals surface area contributed by atoms with E-state index in [1.165, 1.54) is 5.56 Å². The molecule has 0 saturated carbocycles. The Morgan fingerprint density at radius 3 is 3.05 bits per heavy atom. The molecule has 0 spiro atoms. The van der Waals surface area contributed by atoms with E-state index in [0.29, 0.717) is 6.61 Å². The van der Waals surface area contributed by atoms with Crippen molar-refractivity contribution in [2.24, 2.45) is 0 Å². The van der Waals surface area contributed by atoms with Crippen LogP contribution in [-0.2, 0) is 13.0 Å². The van der Waals surface area contributed by atoms with Gasteiger partial charge in [0.05, 0.1) is 11.8 Å². The average molecular weight is 255 g/mol. The number of nitrogens with zero attached hydrogens (tertiary/aromatic N) is 1. The van der Waals surface area contributed by atoms with Crippen LogP contribution >= 0.6 is 0 Å². The zero-order valence-electron chi connectivity index (χ0n) is 11.0. The lowest BCUT2D eigenvalue weighted by molar-refractivity contribution is 0.180. The molecule has 3 heteroatoms. The number of benzene rings is 1. The molecule has 1 aromatic carbocycles. The molecule has 0 radical (unpaired) electrons. The summed E-state index contributed by atoms with van der Waals surface area (Å²) in [6, 6.07) is 11.8. The van der Waals surface area contributed by atoms with Crippen molar-refractivity contribution in [3.05, 3.63) is 58.9 Å². The average Bonchev–Trinajstić information content (AvgIpc) is 2.78. The summed E-state index contributed by atoms with van der Waals surface area (Å²) in [6.07, 6.45) is 1.44. The third kappa shape index (κ3) is 2.61. The van der Waals surface area contributed by atoms with Gasteiger partial charge in [0.1, 0.15) is 12.4 Å². The Kier molecular flexibility index (Phi) is 3.22. The van der Waals surface area contributed by atoms with Crippen LogP contribution in [0, 0.1) is 6.92 Å². The molecule has 1 aliphatic rings. The number of aliphatic hydroxyl groups is 1. The fraction of sp³-hybridized carbons (Fsp3) is 0.312. The van der Waals surface area contributed by atoms with Gasteiger partial charge in [0.15, 0.2) is 0 Å². The van der Waals surface area contributed by atoms with Gasteiger partial charge in [0.2, 0.25) is 0 Å². The van der Waals surface area contributed by atoms with E-state index in [4.69, 9.17) is 4.74 Å². The van der Waals surface area contributed by atoms with Crippen LogP contribution in [0.25, 0.3) is 0 Å². The van der Waals surface area contributed by atoms with Gasteiger partial charge in [-0.1, -0.05) is 12.1 Å². The SMILES string of the molecule is Cc1cccc(COc2ccc3c(c2)CC[C@H]3O)n1. The van der Waals surface area contributed by atoms with Crippen LogP contribution in [0.15, 0.2) is 36.4 Å². The van der Waals surface area contributed by atoms with E-state index >= 15 is 0 Å². The second-order valence-corrected chi connectivity index (χ2v) is 4.97. The van der Waals surface area contributed by atoms with Gasteiger partial charge in [-0.2, -0.15) is 0 Å². The maximum Gasteiger partial charge on any atom is 0.130 e. The zero-order valence-corrected chi connectivity index (χ0v) is 11.0. The first-order valence-electron chi connectivity index (χ1n) is 6.58. The molecule has 1 heterocycles. The fourth-order valence-electron chi connectivity index (χ4n) is 2.50. The molecule has 19 heavy (non-hydrogen) atoms. The van der Waals surface area contributed by atoms with E-state index in [9.17, 15) is 5.11 Å². The number of aliphatic hydroxyl groups excluding tert-OH is 1. The van der Waals surface area contributed by atoms with Crippen molar-refractivity contribution in [2.45, 2.75) is 32.5 Å². The second-order valence-electron chi connectivity index (χ2n) is 4.97. The predicted octanol–water partition coefficient (Wildman–Crippen LogP) is 2.95. The van der Waals surface area contributed by atoms with Gasteiger partial charge in [0.25, 0.3) is 0 Å². The smallest absolute Gasteiger partial charge is 0.130 e. The normalized spacial score (nSPS) is 17.3. The molecule has 0 saturated heterocycles. The van der Waals surface area contributed by atoms with Crippen LogP contribution in [0.5, 0.6) is 5.75 Å². The topological polar surface area (TPSA) is 42.4 Å². The third-order valence-electron chi connectivity index (χ3n) is 3.49. The monoisotopic (exact) mass is 255 g/mol. The highest BCUT2D eigenvalue weighted by Crippen LogP contribution is 2.33. The van der Waals surface area contributed by atoms with Gasteiger partial charge >= 0.3 is 0 Å². The van der Waals surface area contributed by atoms with Gasteiger partial charge in [-0.05, 0) is 55.2 Å². The van der Waals surface area contributed by atoms with Crippen molar-refractivity contribution < 1.29 is 9.84 Å². The number of fused-ring (bicyclic) bond motifs is 1. The molecule has 0 unspecified atom stereocenters. The number of pyridine rings is 1. The van der Waals surface area contributed by atoms with Gasteiger partial charge in [-0.3, -0.25) is 4.98 Å². The van der Waals surface area contributed by atoms with Crippen LogP contribution in [0.1, 0.15) is 35.0 Å². The molecule has 0 amide bonds. The number of rotatable bonds is 3. The summed E-state index contributed by atoms with van der Waals surface area (Å²) >= 11 is 0. The molecule has 1 aliphatic carbocycles. The Bertz CT molecular complexity index is 595. The first kappa shape index (κ1) is 12.2. The highest BCUT2D eigenvalue weighted by molar-refractivity contribution is 5.39. The Labute approximate surface area is 112 Å². The Hall–Kier alpha value is -1.87. The summed E-state index contributed by atoms with van der Waals surface area (Å²) in [4.78, 5) is 4.41. The Balaban J connectivity index is 1.71. The minimum Gasteiger partial charge on any atom is -0.487 e. The lowest BCUT2D eigenvalue weighted by Gasteiger charge is -2.09. The number of hydrogen-bond acceptors (Lipinski definition) is 3. The molecule has 0 aliphatic heterocycles. The van der Waals surface area contributed by atoms with Crippen molar-refractivity contribution in [3.63, 3.8) is 0 Å². The minimum atomic E-state index is -0.303. The number of hydrogen-bond donors (Lipinski definition) is 1. The second kappa shape index (κ2) is 5.02. The van der Waals surface area contributed by atoms with E-state index in [1.54, 1.807) is 0 Å². The molecule has 2 aromatic rings. The molecule has 0 fully saturated rings. The maximum atomic E-state index is 9.76. The summed E-state index contributed by atoms with van der Waals surface area (Å²) < 4.78 is 5.76. The van der Waals surface area contributed by atoms with Crippen molar-refractivity contribution in [2.75, 3.05) is 0 Å². The van der Waals surface area contributed by atoms with E-state index in [-0.39, 0.29) is 6.10 Å². The molecule has 1 atom stereocenters. The molecular formula is C16H17NO2. The summed E-state index contributed by atoms with van der Waals surface area (Å²) in [7, 11) is 0. The summed E-state index contributed by atoms with van der Waals surface area (Å²) in [5, 5.41) is 9.76. The highest BCUT2D eigenvalue weighted by Gasteiger charge is 2.20. The van der Waals surface area contributed by atoms with Gasteiger partial charge in [-0.25, -0.2) is 0 Å². The van der Waals surface area contributed by atoms with Crippen LogP contribution < -0.4 is 4.74 Å². The first-order chi connectivity index (χ1) is 9.22. The summed E-state index contributed by atoms with van der Waals surface area (Å²) in [5.41, 5.74) is 4.17. The molecule has 3 nitrogen and oxygen atoms in total. The molecule has 1 N–H and O–H groups in total. The maximum absolute atomic E-state index is 9.76. The van der Waals surface area contributed by atoms with Crippen LogP contribution in [-0.4, -0.2) is 10.1 Å². The van der Waals surface area contributed by atoms with Crippen molar-refractivity contribution in [1.82, 2.24) is 4.98 Å². The Morgan fingerprint density at radius 1 is 1.32 bits per heavy atom. The molecule has 98 valence electrons. The third-order valence-corrected chi connectivity index (χ3v) is 3.49. The first-order valence-corrected chi connectivity index (χ1v) is 6.58. The van der Waals surface area contributed by atoms with Gasteiger partial charge < -0.3 is 9.84 Å². The zero-order chi connectivity index (χ0) is 13.2. The standard InChI is InChI=1S/C16H17NO2/c1-11-3-2-4-13(17-11)10-19-14-6-7-15-12(9-14)5-8-16(15)18/h2-4,6-7,9,16,18H,5,8,10H2,1H3/t16-/m1/s1. The highest BCUT2D eigenvalue weighted by atomic mass is 16.5. The molecular weight excluding hydrogens is 238 g/mol. The van der Waals surface area contributed by atoms with E-state index in [2.05, 4.69) is 4.98 Å². The van der Waals surface area contributed by atoms with Crippen molar-refractivity contribution >= 4 is 0 Å². The van der Waals surface area contributed by atoms with E-state index < -0.39 is 0 Å². The van der Waals surface area contributed by atoms with Crippen LogP contribution in [0.2, 0.25) is 0 Å². The molecule has 3 rings (SSSR count). The lowest BCUT2D eigenvalue weighted by atomic mass is 10.1. The number of ether oxygens (including phenoxy) is 1. The number of aryl methyl sites for hydroxylation is 2. The summed E-state index contributed by atoms with van der Waals surface area (Å²) in [6.45, 7) is 2.45. The van der Waals surface area contributed by atoms with Crippen molar-refractivity contribution in [3.8, 4) is 5.75 Å². The lowest BCUT2D eigenvalue weighted by Crippen LogP contribution is -1.99. The Morgan fingerprint density at radius 2 is 2.21 bits per heavy atom. The molecule has 0 bridgehead atoms. The summed E-state index contributed by atoms with van der Waals surface area (Å²) in [5.74, 6) is 0.844. The fourth-order valence-corrected chi connectivity index (χ4v) is 2.50. The van der Waals surface area contributed by atoms with Gasteiger partial charge in [-0.15, -0.1) is 0 Å². The predicted molar refractivity (Wildman–Crippen MR) is 73.0 cm³/mol. The van der Waals surface area contributed by atoms with E-state index in [1.807, 2.05) is 43.3 Å².